The van der Waals surface area contributed by atoms with Crippen molar-refractivity contribution in [2.24, 2.45) is 0 Å². The van der Waals surface area contributed by atoms with Gasteiger partial charge in [-0.05, 0) is 37.2 Å². The molecule has 150 valence electrons. The van der Waals surface area contributed by atoms with E-state index in [1.54, 1.807) is 6.20 Å². The number of aromatic amines is 1. The van der Waals surface area contributed by atoms with Crippen LogP contribution in [0.15, 0.2) is 6.20 Å². The largest absolute Gasteiger partial charge is 0.455 e. The topological polar surface area (TPSA) is 73.3 Å². The van der Waals surface area contributed by atoms with E-state index < -0.39 is 23.1 Å². The number of hydrogen-bond donors (Lipinski definition) is 1. The van der Waals surface area contributed by atoms with Gasteiger partial charge in [0.05, 0.1) is 18.1 Å². The summed E-state index contributed by atoms with van der Waals surface area (Å²) in [6.45, 7) is 17.7. The first-order chi connectivity index (χ1) is 12.1. The van der Waals surface area contributed by atoms with Crippen LogP contribution in [0.25, 0.3) is 11.0 Å². The van der Waals surface area contributed by atoms with Crippen LogP contribution in [-0.2, 0) is 20.3 Å². The number of aromatic nitrogens is 2. The summed E-state index contributed by atoms with van der Waals surface area (Å²) in [6, 6.07) is 0. The fourth-order valence-electron chi connectivity index (χ4n) is 3.21. The molecule has 0 spiro atoms. The summed E-state index contributed by atoms with van der Waals surface area (Å²) < 4.78 is 12.1. The van der Waals surface area contributed by atoms with Crippen LogP contribution in [0.5, 0.6) is 0 Å². The van der Waals surface area contributed by atoms with Crippen molar-refractivity contribution in [3.63, 3.8) is 0 Å². The minimum Gasteiger partial charge on any atom is -0.455 e. The number of fused-ring (bicyclic) bond motifs is 1. The van der Waals surface area contributed by atoms with Gasteiger partial charge in [-0.3, -0.25) is 4.57 Å². The molecule has 2 rings (SSSR count). The Bertz CT molecular complexity index is 881. The van der Waals surface area contributed by atoms with Crippen molar-refractivity contribution in [1.29, 1.82) is 0 Å². The fraction of sp³-hybridized carbons (Fsp3) is 0.619. The van der Waals surface area contributed by atoms with Crippen molar-refractivity contribution in [1.82, 2.24) is 9.55 Å². The van der Waals surface area contributed by atoms with Crippen LogP contribution < -0.4 is 0 Å². The Morgan fingerprint density at radius 2 is 1.52 bits per heavy atom. The van der Waals surface area contributed by atoms with Crippen LogP contribution in [0.1, 0.15) is 83.9 Å². The van der Waals surface area contributed by atoms with Gasteiger partial charge in [0.25, 0.3) is 0 Å². The maximum Gasteiger partial charge on any atom is 0.418 e. The van der Waals surface area contributed by atoms with Gasteiger partial charge in [0.15, 0.2) is 0 Å². The first-order valence-electron chi connectivity index (χ1n) is 9.17. The number of rotatable bonds is 1. The van der Waals surface area contributed by atoms with Gasteiger partial charge in [0, 0.05) is 11.8 Å². The van der Waals surface area contributed by atoms with E-state index in [4.69, 9.17) is 9.47 Å². The molecule has 2 aromatic rings. The zero-order valence-corrected chi connectivity index (χ0v) is 18.2. The number of H-pyrrole nitrogens is 1. The molecule has 0 saturated heterocycles. The van der Waals surface area contributed by atoms with Gasteiger partial charge >= 0.3 is 12.1 Å². The molecule has 27 heavy (non-hydrogen) atoms. The van der Waals surface area contributed by atoms with Crippen LogP contribution >= 0.6 is 0 Å². The molecule has 6 nitrogen and oxygen atoms in total. The van der Waals surface area contributed by atoms with Crippen molar-refractivity contribution < 1.29 is 19.1 Å². The number of nitrogens with zero attached hydrogens (tertiary/aromatic N) is 1. The number of carbonyl (C=O) groups excluding carboxylic acids is 2. The second kappa shape index (κ2) is 6.43. The first kappa shape index (κ1) is 21.1. The summed E-state index contributed by atoms with van der Waals surface area (Å²) in [7, 11) is 1.35. The van der Waals surface area contributed by atoms with Crippen molar-refractivity contribution in [3.8, 4) is 0 Å². The molecule has 0 saturated carbocycles. The number of nitrogens with one attached hydrogen (secondary N) is 1. The third-order valence-electron chi connectivity index (χ3n) is 4.27. The lowest BCUT2D eigenvalue weighted by molar-refractivity contribution is 0.00611. The summed E-state index contributed by atoms with van der Waals surface area (Å²) in [5.41, 5.74) is 2.24. The third kappa shape index (κ3) is 4.04. The SMILES string of the molecule is COC(=O)n1cc(C(C)(C)C)c2[nH]c(C(=O)OC(C)(C)C)c(C(C)(C)C)c21. The van der Waals surface area contributed by atoms with Crippen LogP contribution in [0, 0.1) is 0 Å². The molecule has 0 aliphatic carbocycles. The quantitative estimate of drug-likeness (QED) is 0.700. The molecule has 0 aliphatic heterocycles. The molecule has 0 unspecified atom stereocenters. The summed E-state index contributed by atoms with van der Waals surface area (Å²) in [5.74, 6) is -0.431. The number of carbonyl (C=O) groups is 2. The monoisotopic (exact) mass is 376 g/mol. The highest BCUT2D eigenvalue weighted by Gasteiger charge is 2.35. The Labute approximate surface area is 161 Å². The number of methoxy groups -OCH3 is 1. The fourth-order valence-corrected chi connectivity index (χ4v) is 3.21. The van der Waals surface area contributed by atoms with E-state index in [0.717, 1.165) is 16.6 Å². The Morgan fingerprint density at radius 3 is 1.93 bits per heavy atom. The summed E-state index contributed by atoms with van der Waals surface area (Å²) in [4.78, 5) is 28.7. The van der Waals surface area contributed by atoms with E-state index in [1.807, 2.05) is 41.5 Å². The zero-order chi connectivity index (χ0) is 20.9. The average Bonchev–Trinajstić information content (AvgIpc) is 2.99. The highest BCUT2D eigenvalue weighted by molar-refractivity contribution is 6.02. The van der Waals surface area contributed by atoms with E-state index in [0.29, 0.717) is 11.2 Å². The van der Waals surface area contributed by atoms with E-state index in [-0.39, 0.29) is 5.41 Å². The van der Waals surface area contributed by atoms with Crippen LogP contribution in [0.2, 0.25) is 0 Å². The average molecular weight is 376 g/mol. The standard InChI is InChI=1S/C21H32N2O4/c1-19(2,3)12-11-23(18(25)26-10)16-13(20(4,5)6)15(22-14(12)16)17(24)27-21(7,8)9/h11,22H,1-10H3. The van der Waals surface area contributed by atoms with E-state index in [9.17, 15) is 9.59 Å². The van der Waals surface area contributed by atoms with Gasteiger partial charge < -0.3 is 14.5 Å². The van der Waals surface area contributed by atoms with Crippen molar-refractivity contribution in [2.45, 2.75) is 78.7 Å². The number of esters is 1. The molecule has 0 radical (unpaired) electrons. The third-order valence-corrected chi connectivity index (χ3v) is 4.27. The normalized spacial score (nSPS) is 13.1. The molecule has 0 atom stereocenters. The molecule has 0 fully saturated rings. The Hall–Kier alpha value is -2.24. The molecule has 2 heterocycles. The predicted octanol–water partition coefficient (Wildman–Crippen LogP) is 5.13. The summed E-state index contributed by atoms with van der Waals surface area (Å²) >= 11 is 0. The molecular weight excluding hydrogens is 344 g/mol. The molecule has 1 N–H and O–H groups in total. The lowest BCUT2D eigenvalue weighted by Gasteiger charge is -2.23. The molecule has 0 aromatic carbocycles. The van der Waals surface area contributed by atoms with Gasteiger partial charge in [-0.25, -0.2) is 9.59 Å². The predicted molar refractivity (Wildman–Crippen MR) is 107 cm³/mol. The second-order valence-corrected chi connectivity index (χ2v) is 9.98. The zero-order valence-electron chi connectivity index (χ0n) is 18.2. The minimum atomic E-state index is -0.619. The molecule has 0 aliphatic rings. The van der Waals surface area contributed by atoms with Gasteiger partial charge in [0.2, 0.25) is 0 Å². The Morgan fingerprint density at radius 1 is 0.963 bits per heavy atom. The van der Waals surface area contributed by atoms with Gasteiger partial charge in [0.1, 0.15) is 11.3 Å². The Kier molecular flexibility index (Phi) is 5.01. The highest BCUT2D eigenvalue weighted by atomic mass is 16.6. The minimum absolute atomic E-state index is 0.233. The van der Waals surface area contributed by atoms with Crippen molar-refractivity contribution >= 4 is 23.1 Å². The van der Waals surface area contributed by atoms with E-state index >= 15 is 0 Å². The maximum atomic E-state index is 12.9. The molecular formula is C21H32N2O4. The molecule has 0 amide bonds. The molecule has 0 bridgehead atoms. The maximum absolute atomic E-state index is 12.9. The van der Waals surface area contributed by atoms with Crippen LogP contribution in [0.4, 0.5) is 4.79 Å². The first-order valence-corrected chi connectivity index (χ1v) is 9.17. The molecule has 6 heteroatoms. The van der Waals surface area contributed by atoms with E-state index in [2.05, 4.69) is 25.8 Å². The van der Waals surface area contributed by atoms with Gasteiger partial charge in [-0.2, -0.15) is 0 Å². The highest BCUT2D eigenvalue weighted by Crippen LogP contribution is 2.40. The summed E-state index contributed by atoms with van der Waals surface area (Å²) in [5, 5.41) is 0. The van der Waals surface area contributed by atoms with Crippen LogP contribution in [0.3, 0.4) is 0 Å². The molecule has 2 aromatic heterocycles. The Balaban J connectivity index is 2.92. The summed E-state index contributed by atoms with van der Waals surface area (Å²) in [6.07, 6.45) is 1.30. The van der Waals surface area contributed by atoms with Gasteiger partial charge in [-0.15, -0.1) is 0 Å². The van der Waals surface area contributed by atoms with Crippen molar-refractivity contribution in [3.05, 3.63) is 23.0 Å². The van der Waals surface area contributed by atoms with E-state index in [1.165, 1.54) is 11.7 Å². The lowest BCUT2D eigenvalue weighted by atomic mass is 9.85. The van der Waals surface area contributed by atoms with Crippen LogP contribution in [-0.4, -0.2) is 34.3 Å². The number of hydrogen-bond acceptors (Lipinski definition) is 4. The number of ether oxygens (including phenoxy) is 2. The van der Waals surface area contributed by atoms with Gasteiger partial charge in [-0.1, -0.05) is 41.5 Å². The smallest absolute Gasteiger partial charge is 0.418 e. The second-order valence-electron chi connectivity index (χ2n) is 9.98. The lowest BCUT2D eigenvalue weighted by Crippen LogP contribution is -2.26. The van der Waals surface area contributed by atoms with Crippen molar-refractivity contribution in [2.75, 3.05) is 7.11 Å².